The number of aromatic hydroxyl groups is 1. The van der Waals surface area contributed by atoms with E-state index in [9.17, 15) is 39.6 Å². The van der Waals surface area contributed by atoms with Gasteiger partial charge in [0.1, 0.15) is 34.4 Å². The van der Waals surface area contributed by atoms with E-state index in [1.165, 1.54) is 0 Å². The molecule has 10 nitrogen and oxygen atoms in total. The van der Waals surface area contributed by atoms with Gasteiger partial charge in [0.05, 0.1) is 12.7 Å². The number of phenols is 1. The summed E-state index contributed by atoms with van der Waals surface area (Å²) in [6.07, 6.45) is -0.0713. The number of aliphatic hydroxyl groups excluding tert-OH is 2. The van der Waals surface area contributed by atoms with E-state index < -0.39 is 51.9 Å². The van der Waals surface area contributed by atoms with Crippen molar-refractivity contribution in [1.82, 2.24) is 0 Å². The summed E-state index contributed by atoms with van der Waals surface area (Å²) in [6, 6.07) is 8.74. The van der Waals surface area contributed by atoms with Gasteiger partial charge in [0.2, 0.25) is 5.78 Å². The fraction of sp³-hybridized carbons (Fsp3) is 0.375. The van der Waals surface area contributed by atoms with Gasteiger partial charge in [-0.3, -0.25) is 19.2 Å². The second-order valence-electron chi connectivity index (χ2n) is 11.5. The predicted molar refractivity (Wildman–Crippen MR) is 153 cm³/mol. The number of Topliss-reactive ketones (excluding diaryl/α,β-unsaturated/α-hetero) is 4. The number of hydrogen-bond donors (Lipinski definition) is 4. The molecular formula is C32H33NO9. The molecule has 3 aliphatic carbocycles. The molecule has 1 fully saturated rings. The first-order chi connectivity index (χ1) is 19.8. The molecule has 0 saturated heterocycles. The van der Waals surface area contributed by atoms with E-state index in [4.69, 9.17) is 4.74 Å². The van der Waals surface area contributed by atoms with Crippen molar-refractivity contribution in [1.29, 1.82) is 0 Å². The number of ether oxygens (including phenoxy) is 1. The van der Waals surface area contributed by atoms with Crippen LogP contribution in [0.3, 0.4) is 0 Å². The Hall–Kier alpha value is -4.44. The number of carbonyl (C=O) groups is 4. The molecule has 10 heteroatoms. The first-order valence-electron chi connectivity index (χ1n) is 13.7. The summed E-state index contributed by atoms with van der Waals surface area (Å²) in [7, 11) is 5.11. The first kappa shape index (κ1) is 29.1. The maximum absolute atomic E-state index is 13.8. The number of hydrogen-bond acceptors (Lipinski definition) is 10. The lowest BCUT2D eigenvalue weighted by atomic mass is 9.59. The fourth-order valence-corrected chi connectivity index (χ4v) is 6.61. The zero-order valence-electron chi connectivity index (χ0n) is 23.9. The molecule has 4 N–H and O–H groups in total. The van der Waals surface area contributed by atoms with Crippen LogP contribution in [0.25, 0.3) is 5.76 Å². The highest BCUT2D eigenvalue weighted by molar-refractivity contribution is 6.23. The van der Waals surface area contributed by atoms with Gasteiger partial charge in [0.15, 0.2) is 17.2 Å². The van der Waals surface area contributed by atoms with Gasteiger partial charge in [-0.05, 0) is 55.0 Å². The monoisotopic (exact) mass is 575 g/mol. The van der Waals surface area contributed by atoms with Crippen LogP contribution >= 0.6 is 0 Å². The molecule has 0 radical (unpaired) electrons. The Bertz CT molecular complexity index is 1600. The Labute approximate surface area is 242 Å². The lowest BCUT2D eigenvalue weighted by molar-refractivity contribution is -0.147. The van der Waals surface area contributed by atoms with Crippen molar-refractivity contribution in [2.24, 2.45) is 11.8 Å². The normalized spacial score (nSPS) is 23.3. The summed E-state index contributed by atoms with van der Waals surface area (Å²) in [5.41, 5.74) is -1.17. The van der Waals surface area contributed by atoms with Gasteiger partial charge in [-0.1, -0.05) is 12.1 Å². The van der Waals surface area contributed by atoms with Gasteiger partial charge < -0.3 is 30.1 Å². The van der Waals surface area contributed by atoms with E-state index in [1.54, 1.807) is 56.4 Å². The third-order valence-electron chi connectivity index (χ3n) is 8.65. The van der Waals surface area contributed by atoms with E-state index in [1.807, 2.05) is 0 Å². The van der Waals surface area contributed by atoms with Crippen LogP contribution in [0, 0.1) is 11.8 Å². The molecule has 0 heterocycles. The van der Waals surface area contributed by atoms with Crippen molar-refractivity contribution < 1.29 is 44.3 Å². The number of fused-ring (bicyclic) bond motifs is 3. The SMILES string of the molecule is COc1ccc(CC(=O)Cc2cc(N(C)C)c3c(c2O)C(O)=C2C(=O)C4(O)C(O)=C(C(C)=O)C(=O)CC4CC2C3)cc1. The second kappa shape index (κ2) is 10.4. The first-order valence-corrected chi connectivity index (χ1v) is 13.7. The van der Waals surface area contributed by atoms with Gasteiger partial charge in [-0.2, -0.15) is 0 Å². The highest BCUT2D eigenvalue weighted by atomic mass is 16.5. The molecule has 0 aromatic heterocycles. The summed E-state index contributed by atoms with van der Waals surface area (Å²) < 4.78 is 5.15. The van der Waals surface area contributed by atoms with E-state index in [-0.39, 0.29) is 60.3 Å². The lowest BCUT2D eigenvalue weighted by Gasteiger charge is -2.46. The molecule has 2 aromatic carbocycles. The van der Waals surface area contributed by atoms with Gasteiger partial charge >= 0.3 is 0 Å². The number of aliphatic hydroxyl groups is 3. The molecule has 220 valence electrons. The summed E-state index contributed by atoms with van der Waals surface area (Å²) in [5, 5.41) is 45.2. The van der Waals surface area contributed by atoms with Crippen LogP contribution in [0.15, 0.2) is 47.2 Å². The highest BCUT2D eigenvalue weighted by Gasteiger charge is 2.60. The Morgan fingerprint density at radius 1 is 1.05 bits per heavy atom. The number of benzene rings is 2. The molecule has 0 amide bonds. The van der Waals surface area contributed by atoms with E-state index in [2.05, 4.69) is 0 Å². The lowest BCUT2D eigenvalue weighted by Crippen LogP contribution is -2.57. The van der Waals surface area contributed by atoms with Gasteiger partial charge in [0.25, 0.3) is 0 Å². The predicted octanol–water partition coefficient (Wildman–Crippen LogP) is 2.96. The van der Waals surface area contributed by atoms with Crippen LogP contribution < -0.4 is 9.64 Å². The third kappa shape index (κ3) is 4.46. The van der Waals surface area contributed by atoms with Crippen LogP contribution in [0.4, 0.5) is 5.69 Å². The Morgan fingerprint density at radius 2 is 1.71 bits per heavy atom. The van der Waals surface area contributed by atoms with Gasteiger partial charge in [-0.15, -0.1) is 0 Å². The van der Waals surface area contributed by atoms with Crippen molar-refractivity contribution in [3.63, 3.8) is 0 Å². The number of methoxy groups -OCH3 is 1. The Kier molecular flexibility index (Phi) is 7.22. The molecule has 0 bridgehead atoms. The average molecular weight is 576 g/mol. The van der Waals surface area contributed by atoms with Gasteiger partial charge in [-0.25, -0.2) is 0 Å². The maximum Gasteiger partial charge on any atom is 0.202 e. The molecule has 1 saturated carbocycles. The van der Waals surface area contributed by atoms with Crippen molar-refractivity contribution >= 4 is 34.6 Å². The van der Waals surface area contributed by atoms with Crippen LogP contribution in [0.5, 0.6) is 11.5 Å². The van der Waals surface area contributed by atoms with Gasteiger partial charge in [0, 0.05) is 56.1 Å². The Morgan fingerprint density at radius 3 is 2.31 bits per heavy atom. The third-order valence-corrected chi connectivity index (χ3v) is 8.65. The fourth-order valence-electron chi connectivity index (χ4n) is 6.61. The van der Waals surface area contributed by atoms with E-state index >= 15 is 0 Å². The molecular weight excluding hydrogens is 542 g/mol. The van der Waals surface area contributed by atoms with Crippen LogP contribution in [-0.2, 0) is 38.4 Å². The summed E-state index contributed by atoms with van der Waals surface area (Å²) in [6.45, 7) is 1.06. The van der Waals surface area contributed by atoms with E-state index in [0.29, 0.717) is 17.0 Å². The van der Waals surface area contributed by atoms with Crippen molar-refractivity contribution in [2.45, 2.75) is 44.6 Å². The minimum absolute atomic E-state index is 0.0164. The van der Waals surface area contributed by atoms with Crippen molar-refractivity contribution in [3.8, 4) is 11.5 Å². The standard InChI is InChI=1S/C32H33NO9/c1-15(34)25-24(36)14-19-10-17-12-22-23(33(2)3)13-18(11-20(35)9-16-5-7-21(42-4)8-6-16)28(37)27(22)29(38)26(17)31(40)32(19,41)30(25)39/h5-8,13,17,19,37-39,41H,9-12,14H2,1-4H3. The van der Waals surface area contributed by atoms with Crippen molar-refractivity contribution in [2.75, 3.05) is 26.1 Å². The zero-order valence-corrected chi connectivity index (χ0v) is 23.9. The smallest absolute Gasteiger partial charge is 0.202 e. The largest absolute Gasteiger partial charge is 0.508 e. The number of carbonyl (C=O) groups excluding carboxylic acids is 4. The topological polar surface area (TPSA) is 162 Å². The molecule has 0 spiro atoms. The number of ketones is 4. The minimum atomic E-state index is -2.56. The van der Waals surface area contributed by atoms with Crippen LogP contribution in [0.2, 0.25) is 0 Å². The summed E-state index contributed by atoms with van der Waals surface area (Å²) >= 11 is 0. The average Bonchev–Trinajstić information content (AvgIpc) is 2.92. The maximum atomic E-state index is 13.8. The highest BCUT2D eigenvalue weighted by Crippen LogP contribution is 2.53. The zero-order chi connectivity index (χ0) is 30.7. The molecule has 3 unspecified atom stereocenters. The molecule has 42 heavy (non-hydrogen) atoms. The van der Waals surface area contributed by atoms with Crippen LogP contribution in [0.1, 0.15) is 42.0 Å². The number of rotatable bonds is 7. The second-order valence-corrected chi connectivity index (χ2v) is 11.5. The molecule has 3 aliphatic rings. The summed E-state index contributed by atoms with van der Waals surface area (Å²) in [4.78, 5) is 53.4. The molecule has 3 atom stereocenters. The minimum Gasteiger partial charge on any atom is -0.508 e. The number of allylic oxidation sites excluding steroid dienone is 1. The number of nitrogens with zero attached hydrogens (tertiary/aromatic N) is 1. The molecule has 5 rings (SSSR count). The molecule has 2 aromatic rings. The number of anilines is 1. The van der Waals surface area contributed by atoms with Crippen LogP contribution in [-0.4, -0.2) is 70.4 Å². The van der Waals surface area contributed by atoms with E-state index in [0.717, 1.165) is 12.5 Å². The Balaban J connectivity index is 1.57. The summed E-state index contributed by atoms with van der Waals surface area (Å²) in [5.74, 6) is -5.48. The molecule has 0 aliphatic heterocycles. The quantitative estimate of drug-likeness (QED) is 0.361. The van der Waals surface area contributed by atoms with Crippen molar-refractivity contribution in [3.05, 3.63) is 69.5 Å². The number of phenolic OH excluding ortho intramolecular Hbond substituents is 1.